The number of pyridine rings is 1. The van der Waals surface area contributed by atoms with Gasteiger partial charge in [-0.1, -0.05) is 36.4 Å². The van der Waals surface area contributed by atoms with Gasteiger partial charge in [-0.05, 0) is 49.2 Å². The SMILES string of the molecule is CCOc1ccc(CCNC(=O)c2cn(-c3cccc(OC)c3)c(=O)c3ccccc23)cc1. The van der Waals surface area contributed by atoms with Crippen molar-refractivity contribution < 1.29 is 14.3 Å². The molecule has 1 N–H and O–H groups in total. The van der Waals surface area contributed by atoms with Crippen LogP contribution in [0.5, 0.6) is 11.5 Å². The van der Waals surface area contributed by atoms with Crippen LogP contribution in [0.25, 0.3) is 16.5 Å². The first-order valence-corrected chi connectivity index (χ1v) is 10.9. The van der Waals surface area contributed by atoms with Crippen LogP contribution in [-0.2, 0) is 6.42 Å². The number of nitrogens with zero attached hydrogens (tertiary/aromatic N) is 1. The monoisotopic (exact) mass is 442 g/mol. The second-order valence-corrected chi connectivity index (χ2v) is 7.55. The molecule has 0 bridgehead atoms. The lowest BCUT2D eigenvalue weighted by Crippen LogP contribution is -2.28. The van der Waals surface area contributed by atoms with Crippen LogP contribution in [0.1, 0.15) is 22.8 Å². The van der Waals surface area contributed by atoms with E-state index in [0.717, 1.165) is 11.3 Å². The van der Waals surface area contributed by atoms with Crippen molar-refractivity contribution in [3.63, 3.8) is 0 Å². The molecule has 0 fully saturated rings. The minimum atomic E-state index is -0.228. The zero-order chi connectivity index (χ0) is 23.2. The zero-order valence-electron chi connectivity index (χ0n) is 18.7. The lowest BCUT2D eigenvalue weighted by atomic mass is 10.1. The van der Waals surface area contributed by atoms with Gasteiger partial charge in [-0.2, -0.15) is 0 Å². The molecule has 0 saturated heterocycles. The summed E-state index contributed by atoms with van der Waals surface area (Å²) in [4.78, 5) is 26.3. The van der Waals surface area contributed by atoms with E-state index in [2.05, 4.69) is 5.32 Å². The first-order chi connectivity index (χ1) is 16.1. The summed E-state index contributed by atoms with van der Waals surface area (Å²) in [5.74, 6) is 1.24. The smallest absolute Gasteiger partial charge is 0.262 e. The summed E-state index contributed by atoms with van der Waals surface area (Å²) in [6.45, 7) is 3.05. The minimum absolute atomic E-state index is 0.190. The average Bonchev–Trinajstić information content (AvgIpc) is 2.85. The fourth-order valence-corrected chi connectivity index (χ4v) is 3.76. The normalized spacial score (nSPS) is 10.7. The Kier molecular flexibility index (Phi) is 6.74. The molecule has 168 valence electrons. The number of ether oxygens (including phenoxy) is 2. The molecule has 6 nitrogen and oxygen atoms in total. The standard InChI is InChI=1S/C27H26N2O4/c1-3-33-21-13-11-19(12-14-21)15-16-28-26(30)25-18-29(20-7-6-8-22(17-20)32-2)27(31)24-10-5-4-9-23(24)25/h4-14,17-18H,3,15-16H2,1-2H3,(H,28,30). The van der Waals surface area contributed by atoms with Crippen molar-refractivity contribution in [3.05, 3.63) is 100 Å². The van der Waals surface area contributed by atoms with Crippen molar-refractivity contribution in [2.24, 2.45) is 0 Å². The average molecular weight is 443 g/mol. The van der Waals surface area contributed by atoms with Gasteiger partial charge in [0.15, 0.2) is 0 Å². The molecule has 3 aromatic carbocycles. The number of benzene rings is 3. The Morgan fingerprint density at radius 1 is 0.939 bits per heavy atom. The van der Waals surface area contributed by atoms with Gasteiger partial charge in [0.05, 0.1) is 25.0 Å². The summed E-state index contributed by atoms with van der Waals surface area (Å²) in [5.41, 5.74) is 1.99. The van der Waals surface area contributed by atoms with Crippen molar-refractivity contribution in [1.82, 2.24) is 9.88 Å². The van der Waals surface area contributed by atoms with E-state index in [1.807, 2.05) is 55.5 Å². The maximum absolute atomic E-state index is 13.2. The predicted octanol–water partition coefficient (Wildman–Crippen LogP) is 4.37. The number of aromatic nitrogens is 1. The van der Waals surface area contributed by atoms with E-state index in [1.54, 1.807) is 37.6 Å². The maximum atomic E-state index is 13.2. The Balaban J connectivity index is 1.60. The van der Waals surface area contributed by atoms with Gasteiger partial charge < -0.3 is 14.8 Å². The van der Waals surface area contributed by atoms with Crippen molar-refractivity contribution in [1.29, 1.82) is 0 Å². The topological polar surface area (TPSA) is 69.6 Å². The van der Waals surface area contributed by atoms with E-state index in [1.165, 1.54) is 4.57 Å². The van der Waals surface area contributed by atoms with E-state index in [-0.39, 0.29) is 11.5 Å². The molecule has 0 radical (unpaired) electrons. The van der Waals surface area contributed by atoms with E-state index in [4.69, 9.17) is 9.47 Å². The number of fused-ring (bicyclic) bond motifs is 1. The molecule has 1 heterocycles. The molecule has 1 aromatic heterocycles. The summed E-state index contributed by atoms with van der Waals surface area (Å²) in [5, 5.41) is 4.10. The van der Waals surface area contributed by atoms with Gasteiger partial charge in [-0.15, -0.1) is 0 Å². The summed E-state index contributed by atoms with van der Waals surface area (Å²) in [7, 11) is 1.57. The fraction of sp³-hybridized carbons (Fsp3) is 0.185. The lowest BCUT2D eigenvalue weighted by molar-refractivity contribution is 0.0955. The summed E-state index contributed by atoms with van der Waals surface area (Å²) < 4.78 is 12.3. The van der Waals surface area contributed by atoms with Crippen LogP contribution in [0, 0.1) is 0 Å². The van der Waals surface area contributed by atoms with E-state index in [9.17, 15) is 9.59 Å². The number of hydrogen-bond acceptors (Lipinski definition) is 4. The van der Waals surface area contributed by atoms with Crippen LogP contribution in [0.15, 0.2) is 83.8 Å². The van der Waals surface area contributed by atoms with Crippen molar-refractivity contribution >= 4 is 16.7 Å². The van der Waals surface area contributed by atoms with Gasteiger partial charge in [-0.25, -0.2) is 0 Å². The van der Waals surface area contributed by atoms with Gasteiger partial charge in [-0.3, -0.25) is 14.2 Å². The Labute approximate surface area is 192 Å². The largest absolute Gasteiger partial charge is 0.497 e. The van der Waals surface area contributed by atoms with Crippen LogP contribution in [-0.4, -0.2) is 30.7 Å². The Hall–Kier alpha value is -4.06. The number of rotatable bonds is 8. The van der Waals surface area contributed by atoms with E-state index in [0.29, 0.717) is 47.3 Å². The molecule has 0 spiro atoms. The summed E-state index contributed by atoms with van der Waals surface area (Å²) in [6.07, 6.45) is 2.29. The number of nitrogens with one attached hydrogen (secondary N) is 1. The highest BCUT2D eigenvalue weighted by molar-refractivity contribution is 6.06. The molecule has 0 unspecified atom stereocenters. The van der Waals surface area contributed by atoms with Gasteiger partial charge in [0, 0.05) is 29.6 Å². The first kappa shape index (κ1) is 22.1. The third kappa shape index (κ3) is 4.90. The van der Waals surface area contributed by atoms with Gasteiger partial charge in [0.2, 0.25) is 0 Å². The molecule has 4 rings (SSSR count). The van der Waals surface area contributed by atoms with Crippen LogP contribution < -0.4 is 20.3 Å². The number of carbonyl (C=O) groups excluding carboxylic acids is 1. The van der Waals surface area contributed by atoms with Crippen LogP contribution in [0.4, 0.5) is 0 Å². The zero-order valence-corrected chi connectivity index (χ0v) is 18.7. The molecule has 0 saturated carbocycles. The van der Waals surface area contributed by atoms with Crippen LogP contribution in [0.2, 0.25) is 0 Å². The first-order valence-electron chi connectivity index (χ1n) is 10.9. The molecular formula is C27H26N2O4. The highest BCUT2D eigenvalue weighted by Gasteiger charge is 2.15. The second-order valence-electron chi connectivity index (χ2n) is 7.55. The minimum Gasteiger partial charge on any atom is -0.497 e. The third-order valence-corrected chi connectivity index (χ3v) is 5.43. The summed E-state index contributed by atoms with van der Waals surface area (Å²) in [6, 6.07) is 22.2. The van der Waals surface area contributed by atoms with E-state index >= 15 is 0 Å². The van der Waals surface area contributed by atoms with Crippen molar-refractivity contribution in [2.75, 3.05) is 20.3 Å². The molecule has 6 heteroatoms. The Morgan fingerprint density at radius 3 is 2.42 bits per heavy atom. The fourth-order valence-electron chi connectivity index (χ4n) is 3.76. The van der Waals surface area contributed by atoms with Gasteiger partial charge in [0.25, 0.3) is 11.5 Å². The predicted molar refractivity (Wildman–Crippen MR) is 130 cm³/mol. The van der Waals surface area contributed by atoms with Gasteiger partial charge >= 0.3 is 0 Å². The Bertz CT molecular complexity index is 1330. The van der Waals surface area contributed by atoms with Gasteiger partial charge in [0.1, 0.15) is 11.5 Å². The quantitative estimate of drug-likeness (QED) is 0.440. The number of methoxy groups -OCH3 is 1. The molecule has 0 aliphatic heterocycles. The second kappa shape index (κ2) is 10.0. The van der Waals surface area contributed by atoms with E-state index < -0.39 is 0 Å². The van der Waals surface area contributed by atoms with Crippen LogP contribution in [0.3, 0.4) is 0 Å². The molecule has 0 aliphatic carbocycles. The number of amides is 1. The van der Waals surface area contributed by atoms with Crippen LogP contribution >= 0.6 is 0 Å². The molecule has 0 aliphatic rings. The highest BCUT2D eigenvalue weighted by atomic mass is 16.5. The molecule has 33 heavy (non-hydrogen) atoms. The third-order valence-electron chi connectivity index (χ3n) is 5.43. The van der Waals surface area contributed by atoms with Crippen molar-refractivity contribution in [3.8, 4) is 17.2 Å². The molecule has 0 atom stereocenters. The van der Waals surface area contributed by atoms with Crippen molar-refractivity contribution in [2.45, 2.75) is 13.3 Å². The molecular weight excluding hydrogens is 416 g/mol. The highest BCUT2D eigenvalue weighted by Crippen LogP contribution is 2.20. The number of hydrogen-bond donors (Lipinski definition) is 1. The number of carbonyl (C=O) groups is 1. The maximum Gasteiger partial charge on any atom is 0.262 e. The molecule has 4 aromatic rings. The molecule has 1 amide bonds. The Morgan fingerprint density at radius 2 is 1.70 bits per heavy atom. The lowest BCUT2D eigenvalue weighted by Gasteiger charge is -2.13. The summed E-state index contributed by atoms with van der Waals surface area (Å²) >= 11 is 0.